The van der Waals surface area contributed by atoms with Gasteiger partial charge in [0.25, 0.3) is 10.0 Å². The van der Waals surface area contributed by atoms with Crippen molar-refractivity contribution in [3.8, 4) is 5.75 Å². The van der Waals surface area contributed by atoms with E-state index in [2.05, 4.69) is 15.0 Å². The number of nitrogens with zero attached hydrogens (tertiary/aromatic N) is 3. The van der Waals surface area contributed by atoms with Gasteiger partial charge in [0.15, 0.2) is 5.03 Å². The molecule has 0 bridgehead atoms. The van der Waals surface area contributed by atoms with Gasteiger partial charge >= 0.3 is 0 Å². The molecule has 2 aliphatic rings. The minimum absolute atomic E-state index is 0.00537. The highest BCUT2D eigenvalue weighted by molar-refractivity contribution is 7.89. The van der Waals surface area contributed by atoms with E-state index in [0.717, 1.165) is 6.42 Å². The third-order valence-corrected chi connectivity index (χ3v) is 10.2. The third kappa shape index (κ3) is 6.33. The average Bonchev–Trinajstić information content (AvgIpc) is 3.44. The fourth-order valence-corrected chi connectivity index (χ4v) is 6.88. The van der Waals surface area contributed by atoms with Crippen LogP contribution in [0.25, 0.3) is 0 Å². The van der Waals surface area contributed by atoms with Crippen LogP contribution in [-0.4, -0.2) is 93.4 Å². The van der Waals surface area contributed by atoms with Crippen LogP contribution in [0.1, 0.15) is 25.1 Å². The second-order valence-corrected chi connectivity index (χ2v) is 13.4. The molecule has 0 radical (unpaired) electrons. The molecule has 12 nitrogen and oxygen atoms in total. The van der Waals surface area contributed by atoms with Crippen molar-refractivity contribution in [3.05, 3.63) is 36.3 Å². The second-order valence-electron chi connectivity index (χ2n) is 9.59. The predicted octanol–water partition coefficient (Wildman–Crippen LogP) is -0.0217. The highest BCUT2D eigenvalue weighted by Crippen LogP contribution is 2.37. The Labute approximate surface area is 218 Å². The first-order valence-electron chi connectivity index (χ1n) is 12.2. The summed E-state index contributed by atoms with van der Waals surface area (Å²) in [6, 6.07) is 6.10. The number of hydrogen-bond acceptors (Lipinski definition) is 9. The lowest BCUT2D eigenvalue weighted by molar-refractivity contribution is -0.0312. The second kappa shape index (κ2) is 11.0. The number of benzene rings is 1. The van der Waals surface area contributed by atoms with Gasteiger partial charge in [-0.2, -0.15) is 4.31 Å². The van der Waals surface area contributed by atoms with Gasteiger partial charge in [-0.3, -0.25) is 0 Å². The molecule has 1 aromatic heterocycles. The molecule has 37 heavy (non-hydrogen) atoms. The van der Waals surface area contributed by atoms with Gasteiger partial charge in [-0.25, -0.2) is 26.5 Å². The molecule has 0 amide bonds. The number of sulfonamides is 2. The highest BCUT2D eigenvalue weighted by Gasteiger charge is 2.45. The Morgan fingerprint density at radius 2 is 2.00 bits per heavy atom. The Kier molecular flexibility index (Phi) is 8.28. The lowest BCUT2D eigenvalue weighted by Crippen LogP contribution is -2.47. The summed E-state index contributed by atoms with van der Waals surface area (Å²) in [5, 5.41) is 13.7. The summed E-state index contributed by atoms with van der Waals surface area (Å²) in [7, 11) is -4.12. The molecule has 1 unspecified atom stereocenters. The van der Waals surface area contributed by atoms with Crippen molar-refractivity contribution >= 4 is 20.0 Å². The maximum absolute atomic E-state index is 13.0. The molecule has 2 aliphatic heterocycles. The fraction of sp³-hybridized carbons (Fsp3) is 0.609. The zero-order valence-electron chi connectivity index (χ0n) is 21.3. The van der Waals surface area contributed by atoms with Gasteiger partial charge in [-0.05, 0) is 45.4 Å². The summed E-state index contributed by atoms with van der Waals surface area (Å²) in [6.07, 6.45) is 2.63. The van der Waals surface area contributed by atoms with Crippen molar-refractivity contribution in [1.82, 2.24) is 23.9 Å². The van der Waals surface area contributed by atoms with Crippen LogP contribution in [0.3, 0.4) is 0 Å². The van der Waals surface area contributed by atoms with Gasteiger partial charge in [-0.15, -0.1) is 0 Å². The minimum Gasteiger partial charge on any atom is -0.491 e. The van der Waals surface area contributed by atoms with Gasteiger partial charge < -0.3 is 24.5 Å². The number of hydrogen-bond donors (Lipinski definition) is 3. The summed E-state index contributed by atoms with van der Waals surface area (Å²) in [5.74, 6) is 0.990. The Morgan fingerprint density at radius 1 is 1.27 bits per heavy atom. The minimum atomic E-state index is -3.64. The van der Waals surface area contributed by atoms with Gasteiger partial charge in [0.05, 0.1) is 17.1 Å². The molecule has 4 rings (SSSR count). The molecule has 2 aromatic rings. The first-order valence-corrected chi connectivity index (χ1v) is 15.1. The molecule has 3 N–H and O–H groups in total. The first-order chi connectivity index (χ1) is 17.4. The van der Waals surface area contributed by atoms with Crippen LogP contribution >= 0.6 is 0 Å². The van der Waals surface area contributed by atoms with Crippen LogP contribution < -0.4 is 14.8 Å². The van der Waals surface area contributed by atoms with Gasteiger partial charge in [0, 0.05) is 45.0 Å². The summed E-state index contributed by atoms with van der Waals surface area (Å²) < 4.78 is 66.9. The smallest absolute Gasteiger partial charge is 0.262 e. The van der Waals surface area contributed by atoms with Crippen molar-refractivity contribution in [2.75, 3.05) is 39.9 Å². The van der Waals surface area contributed by atoms with Crippen LogP contribution in [0.4, 0.5) is 0 Å². The van der Waals surface area contributed by atoms with E-state index in [9.17, 15) is 21.9 Å². The summed E-state index contributed by atoms with van der Waals surface area (Å²) in [5.41, 5.74) is -0.385. The van der Waals surface area contributed by atoms with Crippen LogP contribution in [-0.2, 0) is 31.8 Å². The Hall–Kier alpha value is -2.07. The van der Waals surface area contributed by atoms with E-state index in [0.29, 0.717) is 44.1 Å². The topological polar surface area (TPSA) is 152 Å². The number of aryl methyl sites for hydroxylation is 2. The number of piperidine rings is 1. The number of rotatable bonds is 10. The van der Waals surface area contributed by atoms with Gasteiger partial charge in [0.1, 0.15) is 24.3 Å². The molecule has 206 valence electrons. The van der Waals surface area contributed by atoms with E-state index in [4.69, 9.17) is 9.47 Å². The molecule has 2 atom stereocenters. The Bertz CT molecular complexity index is 1280. The molecule has 1 spiro atoms. The molecule has 1 aromatic carbocycles. The van der Waals surface area contributed by atoms with Gasteiger partial charge in [0.2, 0.25) is 10.0 Å². The SMILES string of the molecule is CNS(=O)(=O)c1cccc(OC[C@@H](O)CNC2COC3(CCN(S(=O)(=O)c4cn(C)c(C)n4)CC3)C2)c1. The summed E-state index contributed by atoms with van der Waals surface area (Å²) in [6.45, 7) is 3.24. The van der Waals surface area contributed by atoms with Crippen LogP contribution in [0.5, 0.6) is 5.75 Å². The fourth-order valence-electron chi connectivity index (χ4n) is 4.64. The summed E-state index contributed by atoms with van der Waals surface area (Å²) in [4.78, 5) is 4.27. The Balaban J connectivity index is 1.23. The van der Waals surface area contributed by atoms with Crippen molar-refractivity contribution in [2.24, 2.45) is 7.05 Å². The quantitative estimate of drug-likeness (QED) is 0.366. The molecule has 3 heterocycles. The molecule has 2 fully saturated rings. The van der Waals surface area contributed by atoms with Crippen molar-refractivity contribution in [1.29, 1.82) is 0 Å². The van der Waals surface area contributed by atoms with E-state index in [1.165, 1.54) is 29.7 Å². The van der Waals surface area contributed by atoms with E-state index in [-0.39, 0.29) is 34.7 Å². The van der Waals surface area contributed by atoms with Crippen LogP contribution in [0, 0.1) is 6.92 Å². The number of aliphatic hydroxyl groups is 1. The molecular formula is C23H35N5O7S2. The van der Waals surface area contributed by atoms with E-state index >= 15 is 0 Å². The van der Waals surface area contributed by atoms with E-state index in [1.807, 2.05) is 0 Å². The predicted molar refractivity (Wildman–Crippen MR) is 135 cm³/mol. The highest BCUT2D eigenvalue weighted by atomic mass is 32.2. The van der Waals surface area contributed by atoms with Gasteiger partial charge in [-0.1, -0.05) is 6.07 Å². The molecule has 0 saturated carbocycles. The van der Waals surface area contributed by atoms with Crippen molar-refractivity contribution in [3.63, 3.8) is 0 Å². The normalized spacial score (nSPS) is 21.4. The maximum Gasteiger partial charge on any atom is 0.262 e. The van der Waals surface area contributed by atoms with Crippen LogP contribution in [0.15, 0.2) is 40.4 Å². The van der Waals surface area contributed by atoms with E-state index in [1.54, 1.807) is 30.7 Å². The summed E-state index contributed by atoms with van der Waals surface area (Å²) >= 11 is 0. The van der Waals surface area contributed by atoms with E-state index < -0.39 is 26.2 Å². The van der Waals surface area contributed by atoms with Crippen molar-refractivity contribution < 1.29 is 31.4 Å². The number of nitrogens with one attached hydrogen (secondary N) is 2. The monoisotopic (exact) mass is 557 g/mol. The molecule has 0 aliphatic carbocycles. The van der Waals surface area contributed by atoms with Crippen LogP contribution in [0.2, 0.25) is 0 Å². The zero-order chi connectivity index (χ0) is 26.8. The first kappa shape index (κ1) is 28.0. The standard InChI is InChI=1S/C23H35N5O7S2/c1-17-26-22(14-27(17)3)37(32,33)28-9-7-23(8-10-28)12-18(15-35-23)25-13-19(29)16-34-20-5-4-6-21(11-20)36(30,31)24-2/h4-6,11,14,18-19,24-25,29H,7-10,12-13,15-16H2,1-3H3/t18?,19-/m0/s1. The molecule has 14 heteroatoms. The number of ether oxygens (including phenoxy) is 2. The van der Waals surface area contributed by atoms with Crippen molar-refractivity contribution in [2.45, 2.75) is 53.9 Å². The third-order valence-electron chi connectivity index (χ3n) is 7.00. The zero-order valence-corrected chi connectivity index (χ0v) is 22.9. The average molecular weight is 558 g/mol. The largest absolute Gasteiger partial charge is 0.491 e. The molecule has 2 saturated heterocycles. The molecular weight excluding hydrogens is 522 g/mol. The maximum atomic E-state index is 13.0. The number of aromatic nitrogens is 2. The number of imidazole rings is 1. The number of aliphatic hydroxyl groups excluding tert-OH is 1. The lowest BCUT2D eigenvalue weighted by atomic mass is 9.88. The lowest BCUT2D eigenvalue weighted by Gasteiger charge is -2.37. The Morgan fingerprint density at radius 3 is 2.65 bits per heavy atom.